The van der Waals surface area contributed by atoms with Gasteiger partial charge in [-0.05, 0) is 25.0 Å². The lowest BCUT2D eigenvalue weighted by atomic mass is 10.3. The molecule has 1 aromatic rings. The SMILES string of the molecule is Cc1ccc(N2CCC(F)C2)nc1. The van der Waals surface area contributed by atoms with Gasteiger partial charge in [0.2, 0.25) is 0 Å². The zero-order valence-electron chi connectivity index (χ0n) is 7.70. The Labute approximate surface area is 77.4 Å². The first-order valence-electron chi connectivity index (χ1n) is 4.57. The molecule has 1 atom stereocenters. The van der Waals surface area contributed by atoms with E-state index in [4.69, 9.17) is 0 Å². The molecule has 0 aliphatic carbocycles. The highest BCUT2D eigenvalue weighted by Crippen LogP contribution is 2.19. The third-order valence-corrected chi connectivity index (χ3v) is 2.35. The molecule has 1 aromatic heterocycles. The van der Waals surface area contributed by atoms with Gasteiger partial charge in [-0.15, -0.1) is 0 Å². The number of nitrogens with zero attached hydrogens (tertiary/aromatic N) is 2. The van der Waals surface area contributed by atoms with Crippen molar-refractivity contribution in [2.24, 2.45) is 0 Å². The van der Waals surface area contributed by atoms with Gasteiger partial charge < -0.3 is 4.90 Å². The van der Waals surface area contributed by atoms with Crippen LogP contribution in [0.1, 0.15) is 12.0 Å². The van der Waals surface area contributed by atoms with Crippen molar-refractivity contribution < 1.29 is 4.39 Å². The molecule has 70 valence electrons. The van der Waals surface area contributed by atoms with Gasteiger partial charge in [-0.2, -0.15) is 0 Å². The zero-order valence-corrected chi connectivity index (χ0v) is 7.70. The average molecular weight is 180 g/mol. The molecule has 0 amide bonds. The molecule has 1 aliphatic rings. The number of hydrogen-bond acceptors (Lipinski definition) is 2. The zero-order chi connectivity index (χ0) is 9.26. The predicted octanol–water partition coefficient (Wildman–Crippen LogP) is 1.94. The molecular weight excluding hydrogens is 167 g/mol. The Kier molecular flexibility index (Phi) is 2.17. The van der Waals surface area contributed by atoms with E-state index in [1.165, 1.54) is 0 Å². The van der Waals surface area contributed by atoms with Crippen LogP contribution in [0.15, 0.2) is 18.3 Å². The van der Waals surface area contributed by atoms with Gasteiger partial charge in [-0.25, -0.2) is 9.37 Å². The lowest BCUT2D eigenvalue weighted by Gasteiger charge is -2.15. The standard InChI is InChI=1S/C10H13FN2/c1-8-2-3-10(12-6-8)13-5-4-9(11)7-13/h2-3,6,9H,4-5,7H2,1H3. The van der Waals surface area contributed by atoms with E-state index in [-0.39, 0.29) is 0 Å². The van der Waals surface area contributed by atoms with Crippen LogP contribution in [0.5, 0.6) is 0 Å². The fourth-order valence-electron chi connectivity index (χ4n) is 1.57. The van der Waals surface area contributed by atoms with E-state index in [0.717, 1.165) is 17.9 Å². The van der Waals surface area contributed by atoms with Gasteiger partial charge in [0.1, 0.15) is 12.0 Å². The first kappa shape index (κ1) is 8.48. The topological polar surface area (TPSA) is 16.1 Å². The number of rotatable bonds is 1. The second-order valence-corrected chi connectivity index (χ2v) is 3.53. The van der Waals surface area contributed by atoms with Crippen LogP contribution in [0, 0.1) is 6.92 Å². The summed E-state index contributed by atoms with van der Waals surface area (Å²) in [6, 6.07) is 3.96. The normalized spacial score (nSPS) is 22.3. The molecule has 3 heteroatoms. The Balaban J connectivity index is 2.13. The van der Waals surface area contributed by atoms with Crippen molar-refractivity contribution >= 4 is 5.82 Å². The van der Waals surface area contributed by atoms with Crippen molar-refractivity contribution in [3.63, 3.8) is 0 Å². The molecule has 2 heterocycles. The summed E-state index contributed by atoms with van der Waals surface area (Å²) < 4.78 is 12.9. The second kappa shape index (κ2) is 3.32. The molecule has 1 unspecified atom stereocenters. The Hall–Kier alpha value is -1.12. The van der Waals surface area contributed by atoms with Gasteiger partial charge in [0.15, 0.2) is 0 Å². The quantitative estimate of drug-likeness (QED) is 0.656. The molecule has 0 bridgehead atoms. The molecule has 0 aromatic carbocycles. The Morgan fingerprint density at radius 1 is 1.54 bits per heavy atom. The van der Waals surface area contributed by atoms with E-state index in [0.29, 0.717) is 13.0 Å². The van der Waals surface area contributed by atoms with Crippen molar-refractivity contribution in [2.75, 3.05) is 18.0 Å². The molecule has 2 nitrogen and oxygen atoms in total. The fraction of sp³-hybridized carbons (Fsp3) is 0.500. The van der Waals surface area contributed by atoms with Crippen LogP contribution in [-0.4, -0.2) is 24.2 Å². The minimum atomic E-state index is -0.678. The highest BCUT2D eigenvalue weighted by molar-refractivity contribution is 5.40. The van der Waals surface area contributed by atoms with E-state index >= 15 is 0 Å². The van der Waals surface area contributed by atoms with Gasteiger partial charge in [-0.1, -0.05) is 6.07 Å². The number of alkyl halides is 1. The Bertz CT molecular complexity index is 283. The Morgan fingerprint density at radius 3 is 2.92 bits per heavy atom. The molecule has 2 rings (SSSR count). The van der Waals surface area contributed by atoms with E-state index in [9.17, 15) is 4.39 Å². The number of halogens is 1. The van der Waals surface area contributed by atoms with Crippen molar-refractivity contribution in [1.82, 2.24) is 4.98 Å². The lowest BCUT2D eigenvalue weighted by Crippen LogP contribution is -2.20. The summed E-state index contributed by atoms with van der Waals surface area (Å²) in [5.41, 5.74) is 1.14. The average Bonchev–Trinajstić information content (AvgIpc) is 2.53. The van der Waals surface area contributed by atoms with Gasteiger partial charge in [0.05, 0.1) is 6.54 Å². The molecule has 0 saturated carbocycles. The number of aromatic nitrogens is 1. The summed E-state index contributed by atoms with van der Waals surface area (Å²) >= 11 is 0. The van der Waals surface area contributed by atoms with Crippen LogP contribution < -0.4 is 4.90 Å². The van der Waals surface area contributed by atoms with E-state index in [1.807, 2.05) is 30.2 Å². The van der Waals surface area contributed by atoms with Crippen molar-refractivity contribution in [2.45, 2.75) is 19.5 Å². The van der Waals surface area contributed by atoms with Crippen molar-refractivity contribution in [3.05, 3.63) is 23.9 Å². The first-order chi connectivity index (χ1) is 6.25. The smallest absolute Gasteiger partial charge is 0.128 e. The maximum Gasteiger partial charge on any atom is 0.128 e. The highest BCUT2D eigenvalue weighted by Gasteiger charge is 2.22. The summed E-state index contributed by atoms with van der Waals surface area (Å²) in [6.07, 6.45) is 1.78. The van der Waals surface area contributed by atoms with Crippen LogP contribution in [-0.2, 0) is 0 Å². The van der Waals surface area contributed by atoms with E-state index in [1.54, 1.807) is 0 Å². The lowest BCUT2D eigenvalue weighted by molar-refractivity contribution is 0.364. The van der Waals surface area contributed by atoms with Crippen LogP contribution in [0.3, 0.4) is 0 Å². The second-order valence-electron chi connectivity index (χ2n) is 3.53. The minimum absolute atomic E-state index is 0.496. The molecule has 13 heavy (non-hydrogen) atoms. The summed E-state index contributed by atoms with van der Waals surface area (Å²) in [6.45, 7) is 3.28. The van der Waals surface area contributed by atoms with Gasteiger partial charge in [0.25, 0.3) is 0 Å². The molecule has 1 aliphatic heterocycles. The van der Waals surface area contributed by atoms with Gasteiger partial charge >= 0.3 is 0 Å². The van der Waals surface area contributed by atoms with E-state index in [2.05, 4.69) is 4.98 Å². The van der Waals surface area contributed by atoms with Crippen molar-refractivity contribution in [1.29, 1.82) is 0 Å². The van der Waals surface area contributed by atoms with Crippen LogP contribution in [0.4, 0.5) is 10.2 Å². The fourth-order valence-corrected chi connectivity index (χ4v) is 1.57. The largest absolute Gasteiger partial charge is 0.354 e. The molecule has 0 spiro atoms. The molecule has 0 N–H and O–H groups in total. The Morgan fingerprint density at radius 2 is 2.38 bits per heavy atom. The molecule has 1 saturated heterocycles. The van der Waals surface area contributed by atoms with E-state index < -0.39 is 6.17 Å². The minimum Gasteiger partial charge on any atom is -0.354 e. The maximum atomic E-state index is 12.9. The third kappa shape index (κ3) is 1.79. The molecular formula is C10H13FN2. The van der Waals surface area contributed by atoms with Crippen LogP contribution in [0.2, 0.25) is 0 Å². The highest BCUT2D eigenvalue weighted by atomic mass is 19.1. The summed E-state index contributed by atoms with van der Waals surface area (Å²) in [5, 5.41) is 0. The van der Waals surface area contributed by atoms with Crippen molar-refractivity contribution in [3.8, 4) is 0 Å². The summed E-state index contributed by atoms with van der Waals surface area (Å²) in [7, 11) is 0. The number of aryl methyl sites for hydroxylation is 1. The monoisotopic (exact) mass is 180 g/mol. The number of pyridine rings is 1. The predicted molar refractivity (Wildman–Crippen MR) is 50.7 cm³/mol. The summed E-state index contributed by atoms with van der Waals surface area (Å²) in [5.74, 6) is 0.894. The number of hydrogen-bond donors (Lipinski definition) is 0. The number of anilines is 1. The summed E-state index contributed by atoms with van der Waals surface area (Å²) in [4.78, 5) is 6.24. The maximum absolute atomic E-state index is 12.9. The van der Waals surface area contributed by atoms with Gasteiger partial charge in [0, 0.05) is 12.7 Å². The van der Waals surface area contributed by atoms with Crippen LogP contribution in [0.25, 0.3) is 0 Å². The van der Waals surface area contributed by atoms with Crippen LogP contribution >= 0.6 is 0 Å². The molecule has 0 radical (unpaired) electrons. The first-order valence-corrected chi connectivity index (χ1v) is 4.57. The van der Waals surface area contributed by atoms with Gasteiger partial charge in [-0.3, -0.25) is 0 Å². The molecule has 1 fully saturated rings. The third-order valence-electron chi connectivity index (χ3n) is 2.35.